The second-order valence-corrected chi connectivity index (χ2v) is 25.8. The predicted molar refractivity (Wildman–Crippen MR) is 403 cm³/mol. The van der Waals surface area contributed by atoms with Crippen molar-refractivity contribution in [3.8, 4) is 138 Å². The van der Waals surface area contributed by atoms with Crippen LogP contribution in [0, 0.1) is 37.5 Å². The zero-order valence-corrected chi connectivity index (χ0v) is 57.3. The largest absolute Gasteiger partial charge is 0.494 e. The zero-order valence-electron chi connectivity index (χ0n) is 57.3. The van der Waals surface area contributed by atoms with Crippen LogP contribution >= 0.6 is 0 Å². The summed E-state index contributed by atoms with van der Waals surface area (Å²) in [6.45, 7) is 5.30. The standard InChI is InChI=1S/C89H72N10O4/c1-61-23-33-67(34-24-61)85-96-98-87(102-85)69-37-41-71(42-38-69)100-53-17-5-3-11-47-89(48-12-4-6-18-54-101-72-43-39-70(40-44-72)88-99-97-86(103-88)68-35-25-62(2)26-36-68)75-55-63(27-29-65-57-81(77-19-7-13-49-90-77)94-82(58-65)78-20-8-14-50-91-78)31-45-73(75)74-46-32-64(56-76(74)89)28-30-66-59-83(79-21-9-15-51-92-79)95-84(60-66)80-22-10-16-52-93-80/h7-10,13-16,19-26,31-46,49-52,55-60H,3-6,11-12,17-18,47-48,53-54H2,1-2H3. The van der Waals surface area contributed by atoms with Crippen LogP contribution in [0.25, 0.3) is 102 Å². The number of aryl methyl sites for hydroxylation is 2. The van der Waals surface area contributed by atoms with Crippen molar-refractivity contribution in [1.82, 2.24) is 50.3 Å². The van der Waals surface area contributed by atoms with E-state index in [1.165, 1.54) is 33.4 Å². The highest BCUT2D eigenvalue weighted by atomic mass is 16.5. The van der Waals surface area contributed by atoms with Gasteiger partial charge in [-0.25, -0.2) is 9.97 Å². The molecule has 14 nitrogen and oxygen atoms in total. The maximum Gasteiger partial charge on any atom is 0.248 e. The molecule has 8 heterocycles. The minimum atomic E-state index is -0.362. The molecule has 1 aliphatic carbocycles. The molecule has 0 saturated carbocycles. The molecule has 14 aromatic rings. The maximum atomic E-state index is 6.36. The fraction of sp³-hybridized carbons (Fsp3) is 0.169. The van der Waals surface area contributed by atoms with E-state index in [4.69, 9.17) is 28.3 Å². The van der Waals surface area contributed by atoms with E-state index in [1.807, 2.05) is 194 Å². The van der Waals surface area contributed by atoms with Crippen LogP contribution in [0.15, 0.2) is 264 Å². The highest BCUT2D eigenvalue weighted by Crippen LogP contribution is 2.55. The highest BCUT2D eigenvalue weighted by Gasteiger charge is 2.42. The Bertz CT molecular complexity index is 4900. The molecular formula is C89H72N10O4. The first-order chi connectivity index (χ1) is 50.8. The number of hydrogen-bond donors (Lipinski definition) is 0. The average molecular weight is 1350 g/mol. The second kappa shape index (κ2) is 31.2. The van der Waals surface area contributed by atoms with Crippen LogP contribution < -0.4 is 9.47 Å². The molecule has 0 radical (unpaired) electrons. The number of ether oxygens (including phenoxy) is 2. The Hall–Kier alpha value is -12.8. The van der Waals surface area contributed by atoms with Crippen molar-refractivity contribution in [1.29, 1.82) is 0 Å². The molecule has 0 fully saturated rings. The molecule has 103 heavy (non-hydrogen) atoms. The Morgan fingerprint density at radius 2 is 0.631 bits per heavy atom. The number of pyridine rings is 6. The summed E-state index contributed by atoms with van der Waals surface area (Å²) in [5, 5.41) is 17.3. The van der Waals surface area contributed by atoms with Gasteiger partial charge in [0.1, 0.15) is 11.5 Å². The van der Waals surface area contributed by atoms with E-state index >= 15 is 0 Å². The van der Waals surface area contributed by atoms with E-state index < -0.39 is 0 Å². The van der Waals surface area contributed by atoms with E-state index in [2.05, 4.69) is 114 Å². The first kappa shape index (κ1) is 66.1. The van der Waals surface area contributed by atoms with Gasteiger partial charge in [0.05, 0.1) is 58.8 Å². The number of rotatable bonds is 24. The molecular weight excluding hydrogens is 1270 g/mol. The van der Waals surface area contributed by atoms with Gasteiger partial charge in [0, 0.05) is 74.7 Å². The first-order valence-electron chi connectivity index (χ1n) is 35.1. The smallest absolute Gasteiger partial charge is 0.248 e. The van der Waals surface area contributed by atoms with Gasteiger partial charge in [-0.2, -0.15) is 0 Å². The van der Waals surface area contributed by atoms with E-state index in [0.717, 1.165) is 166 Å². The quantitative estimate of drug-likeness (QED) is 0.0413. The third kappa shape index (κ3) is 15.8. The molecule has 502 valence electrons. The van der Waals surface area contributed by atoms with Crippen molar-refractivity contribution >= 4 is 0 Å². The molecule has 0 spiro atoms. The summed E-state index contributed by atoms with van der Waals surface area (Å²) in [7, 11) is 0. The lowest BCUT2D eigenvalue weighted by Gasteiger charge is -2.33. The lowest BCUT2D eigenvalue weighted by atomic mass is 9.70. The number of hydrogen-bond acceptors (Lipinski definition) is 14. The summed E-state index contributed by atoms with van der Waals surface area (Å²) < 4.78 is 24.9. The summed E-state index contributed by atoms with van der Waals surface area (Å²) in [5.74, 6) is 17.9. The van der Waals surface area contributed by atoms with Crippen molar-refractivity contribution in [2.45, 2.75) is 83.5 Å². The summed E-state index contributed by atoms with van der Waals surface area (Å²) in [6.07, 6.45) is 16.9. The van der Waals surface area contributed by atoms with Gasteiger partial charge in [-0.05, 0) is 232 Å². The minimum Gasteiger partial charge on any atom is -0.494 e. The van der Waals surface area contributed by atoms with E-state index in [-0.39, 0.29) is 5.41 Å². The van der Waals surface area contributed by atoms with Gasteiger partial charge in [0.15, 0.2) is 0 Å². The summed E-state index contributed by atoms with van der Waals surface area (Å²) >= 11 is 0. The normalized spacial score (nSPS) is 11.8. The highest BCUT2D eigenvalue weighted by molar-refractivity contribution is 5.83. The van der Waals surface area contributed by atoms with Crippen LogP contribution in [0.5, 0.6) is 11.5 Å². The van der Waals surface area contributed by atoms with Crippen molar-refractivity contribution in [2.75, 3.05) is 13.2 Å². The monoisotopic (exact) mass is 1340 g/mol. The lowest BCUT2D eigenvalue weighted by molar-refractivity contribution is 0.300. The van der Waals surface area contributed by atoms with Crippen molar-refractivity contribution in [2.24, 2.45) is 0 Å². The predicted octanol–water partition coefficient (Wildman–Crippen LogP) is 19.9. The Morgan fingerprint density at radius 3 is 0.961 bits per heavy atom. The SMILES string of the molecule is Cc1ccc(-c2nnc(-c3ccc(OCCCCCCC4(CCCCCCOc5ccc(-c6nnc(-c7ccc(C)cc7)o6)cc5)c5cc(C#Cc6cc(-c7ccccn7)nc(-c7ccccn7)c6)ccc5-c5ccc(C#Cc6cc(-c7ccccn7)nc(-c7ccccn7)c6)cc54)cc3)o2)cc1. The van der Waals surface area contributed by atoms with Crippen LogP contribution in [0.3, 0.4) is 0 Å². The van der Waals surface area contributed by atoms with Gasteiger partial charge in [-0.3, -0.25) is 19.9 Å². The fourth-order valence-electron chi connectivity index (χ4n) is 13.2. The summed E-state index contributed by atoms with van der Waals surface area (Å²) in [4.78, 5) is 28.7. The van der Waals surface area contributed by atoms with E-state index in [9.17, 15) is 0 Å². The molecule has 0 unspecified atom stereocenters. The fourth-order valence-corrected chi connectivity index (χ4v) is 13.2. The number of benzene rings is 6. The molecule has 0 saturated heterocycles. The molecule has 8 aromatic heterocycles. The van der Waals surface area contributed by atoms with Gasteiger partial charge in [-0.15, -0.1) is 20.4 Å². The molecule has 0 aliphatic heterocycles. The van der Waals surface area contributed by atoms with Crippen LogP contribution in [0.4, 0.5) is 0 Å². The number of fused-ring (bicyclic) bond motifs is 3. The number of aromatic nitrogens is 10. The van der Waals surface area contributed by atoms with Gasteiger partial charge >= 0.3 is 0 Å². The molecule has 15 rings (SSSR count). The Kier molecular flexibility index (Phi) is 20.0. The van der Waals surface area contributed by atoms with Crippen LogP contribution in [-0.4, -0.2) is 63.5 Å². The van der Waals surface area contributed by atoms with Crippen LogP contribution in [0.1, 0.15) is 109 Å². The Labute approximate surface area is 599 Å². The molecule has 6 aromatic carbocycles. The van der Waals surface area contributed by atoms with E-state index in [0.29, 0.717) is 36.8 Å². The van der Waals surface area contributed by atoms with Gasteiger partial charge in [-0.1, -0.05) is 134 Å². The molecule has 14 heteroatoms. The third-order valence-corrected chi connectivity index (χ3v) is 18.6. The Balaban J connectivity index is 0.707. The van der Waals surface area contributed by atoms with E-state index in [1.54, 1.807) is 24.8 Å². The van der Waals surface area contributed by atoms with Crippen molar-refractivity contribution in [3.63, 3.8) is 0 Å². The zero-order chi connectivity index (χ0) is 69.6. The second-order valence-electron chi connectivity index (χ2n) is 25.8. The third-order valence-electron chi connectivity index (χ3n) is 18.6. The maximum absolute atomic E-state index is 6.36. The average Bonchev–Trinajstić information content (AvgIpc) is 1.56. The van der Waals surface area contributed by atoms with Crippen LogP contribution in [0.2, 0.25) is 0 Å². The summed E-state index contributed by atoms with van der Waals surface area (Å²) in [5.41, 5.74) is 19.9. The number of nitrogens with zero attached hydrogens (tertiary/aromatic N) is 10. The van der Waals surface area contributed by atoms with Crippen molar-refractivity contribution < 1.29 is 18.3 Å². The van der Waals surface area contributed by atoms with Gasteiger partial charge in [0.25, 0.3) is 0 Å². The van der Waals surface area contributed by atoms with Crippen LogP contribution in [-0.2, 0) is 5.41 Å². The van der Waals surface area contributed by atoms with Gasteiger partial charge < -0.3 is 18.3 Å². The number of unbranched alkanes of at least 4 members (excludes halogenated alkanes) is 6. The first-order valence-corrected chi connectivity index (χ1v) is 35.1. The topological polar surface area (TPSA) is 174 Å². The van der Waals surface area contributed by atoms with Crippen molar-refractivity contribution in [3.05, 3.63) is 300 Å². The molecule has 0 amide bonds. The van der Waals surface area contributed by atoms with Gasteiger partial charge in [0.2, 0.25) is 23.6 Å². The summed E-state index contributed by atoms with van der Waals surface area (Å²) in [6, 6.07) is 77.0. The lowest BCUT2D eigenvalue weighted by Crippen LogP contribution is -2.26. The molecule has 0 N–H and O–H groups in total. The minimum absolute atomic E-state index is 0.362. The molecule has 1 aliphatic rings. The Morgan fingerprint density at radius 1 is 0.311 bits per heavy atom. The molecule has 0 atom stereocenters. The molecule has 0 bridgehead atoms.